The summed E-state index contributed by atoms with van der Waals surface area (Å²) in [5, 5.41) is 19.8. The zero-order valence-corrected chi connectivity index (χ0v) is 16.2. The van der Waals surface area contributed by atoms with E-state index in [0.29, 0.717) is 29.4 Å². The van der Waals surface area contributed by atoms with Crippen LogP contribution < -0.4 is 4.90 Å². The van der Waals surface area contributed by atoms with E-state index in [1.165, 1.54) is 35.5 Å². The topological polar surface area (TPSA) is 94.2 Å². The molecule has 0 saturated heterocycles. The summed E-state index contributed by atoms with van der Waals surface area (Å²) in [4.78, 5) is 25.8. The zero-order valence-electron chi connectivity index (χ0n) is 15.4. The number of hydrogen-bond acceptors (Lipinski definition) is 6. The molecule has 0 atom stereocenters. The highest BCUT2D eigenvalue weighted by molar-refractivity contribution is 7.99. The van der Waals surface area contributed by atoms with Crippen LogP contribution in [0, 0.1) is 15.9 Å². The lowest BCUT2D eigenvalue weighted by molar-refractivity contribution is -0.387. The van der Waals surface area contributed by atoms with Crippen molar-refractivity contribution in [3.8, 4) is 0 Å². The predicted molar refractivity (Wildman–Crippen MR) is 105 cm³/mol. The Labute approximate surface area is 169 Å². The number of nitrogens with zero attached hydrogens (tertiary/aromatic N) is 5. The van der Waals surface area contributed by atoms with E-state index in [1.54, 1.807) is 23.7 Å². The third kappa shape index (κ3) is 3.58. The van der Waals surface area contributed by atoms with Gasteiger partial charge in [-0.25, -0.2) is 4.39 Å². The fourth-order valence-corrected chi connectivity index (χ4v) is 4.16. The molecule has 148 valence electrons. The van der Waals surface area contributed by atoms with Gasteiger partial charge in [0.2, 0.25) is 0 Å². The number of amides is 1. The van der Waals surface area contributed by atoms with Crippen molar-refractivity contribution in [2.24, 2.45) is 7.05 Å². The van der Waals surface area contributed by atoms with E-state index in [0.717, 1.165) is 17.3 Å². The van der Waals surface area contributed by atoms with Gasteiger partial charge in [0.15, 0.2) is 5.16 Å². The number of nitro benzene ring substituents is 1. The van der Waals surface area contributed by atoms with Gasteiger partial charge in [-0.2, -0.15) is 0 Å². The fraction of sp³-hybridized carbons (Fsp3) is 0.211. The van der Waals surface area contributed by atoms with Gasteiger partial charge in [-0.05, 0) is 48.4 Å². The van der Waals surface area contributed by atoms with Crippen LogP contribution in [0.5, 0.6) is 0 Å². The summed E-state index contributed by atoms with van der Waals surface area (Å²) in [7, 11) is 1.73. The molecule has 1 amide bonds. The SMILES string of the molecule is Cn1cnnc1Sc1ccc(C(=O)N2CCCc3cccc(F)c32)cc1[N+](=O)[O-]. The maximum absolute atomic E-state index is 14.4. The summed E-state index contributed by atoms with van der Waals surface area (Å²) in [5.74, 6) is -0.936. The first-order chi connectivity index (χ1) is 14.0. The number of para-hydroxylation sites is 1. The molecular formula is C19H16FN5O3S. The van der Waals surface area contributed by atoms with Crippen LogP contribution in [0.1, 0.15) is 22.3 Å². The number of anilines is 1. The highest BCUT2D eigenvalue weighted by Crippen LogP contribution is 2.36. The minimum absolute atomic E-state index is 0.134. The summed E-state index contributed by atoms with van der Waals surface area (Å²) < 4.78 is 16.0. The Kier molecular flexibility index (Phi) is 5.01. The summed E-state index contributed by atoms with van der Waals surface area (Å²) >= 11 is 1.09. The average molecular weight is 413 g/mol. The largest absolute Gasteiger partial charge is 0.311 e. The zero-order chi connectivity index (χ0) is 20.5. The number of aromatic nitrogens is 3. The second-order valence-electron chi connectivity index (χ2n) is 6.57. The van der Waals surface area contributed by atoms with Gasteiger partial charge < -0.3 is 9.47 Å². The number of nitro groups is 1. The van der Waals surface area contributed by atoms with E-state index in [1.807, 2.05) is 0 Å². The van der Waals surface area contributed by atoms with Crippen LogP contribution in [0.2, 0.25) is 0 Å². The molecule has 0 spiro atoms. The Morgan fingerprint density at radius 2 is 2.14 bits per heavy atom. The Morgan fingerprint density at radius 1 is 1.31 bits per heavy atom. The molecule has 1 aliphatic heterocycles. The van der Waals surface area contributed by atoms with Crippen molar-refractivity contribution in [1.82, 2.24) is 14.8 Å². The first-order valence-corrected chi connectivity index (χ1v) is 9.67. The number of halogens is 1. The number of fused-ring (bicyclic) bond motifs is 1. The van der Waals surface area contributed by atoms with Crippen molar-refractivity contribution in [1.29, 1.82) is 0 Å². The molecule has 0 bridgehead atoms. The molecule has 29 heavy (non-hydrogen) atoms. The van der Waals surface area contributed by atoms with Gasteiger partial charge in [-0.1, -0.05) is 12.1 Å². The number of aryl methyl sites for hydroxylation is 2. The lowest BCUT2D eigenvalue weighted by atomic mass is 10.00. The van der Waals surface area contributed by atoms with Crippen molar-refractivity contribution in [2.45, 2.75) is 22.9 Å². The second-order valence-corrected chi connectivity index (χ2v) is 7.58. The van der Waals surface area contributed by atoms with Gasteiger partial charge >= 0.3 is 0 Å². The average Bonchev–Trinajstić information content (AvgIpc) is 3.12. The van der Waals surface area contributed by atoms with Gasteiger partial charge in [0.05, 0.1) is 15.5 Å². The molecule has 0 fully saturated rings. The summed E-state index contributed by atoms with van der Waals surface area (Å²) in [6.45, 7) is 0.357. The van der Waals surface area contributed by atoms with Gasteiger partial charge in [-0.15, -0.1) is 10.2 Å². The smallest absolute Gasteiger partial charge is 0.284 e. The molecule has 10 heteroatoms. The van der Waals surface area contributed by atoms with Crippen molar-refractivity contribution < 1.29 is 14.1 Å². The highest BCUT2D eigenvalue weighted by atomic mass is 32.2. The van der Waals surface area contributed by atoms with E-state index in [-0.39, 0.29) is 16.9 Å². The quantitative estimate of drug-likeness (QED) is 0.479. The summed E-state index contributed by atoms with van der Waals surface area (Å²) in [5.41, 5.74) is 0.933. The van der Waals surface area contributed by atoms with Gasteiger partial charge in [0.25, 0.3) is 11.6 Å². The van der Waals surface area contributed by atoms with Gasteiger partial charge in [0, 0.05) is 25.2 Å². The van der Waals surface area contributed by atoms with Crippen molar-refractivity contribution >= 4 is 29.0 Å². The molecular weight excluding hydrogens is 397 g/mol. The summed E-state index contributed by atoms with van der Waals surface area (Å²) in [6, 6.07) is 8.98. The first kappa shape index (κ1) is 19.1. The van der Waals surface area contributed by atoms with E-state index < -0.39 is 16.6 Å². The van der Waals surface area contributed by atoms with Crippen LogP contribution in [-0.2, 0) is 13.5 Å². The van der Waals surface area contributed by atoms with E-state index in [9.17, 15) is 19.3 Å². The molecule has 0 saturated carbocycles. The number of benzene rings is 2. The lowest BCUT2D eigenvalue weighted by Gasteiger charge is -2.29. The maximum atomic E-state index is 14.4. The molecule has 1 aromatic heterocycles. The van der Waals surface area contributed by atoms with E-state index in [4.69, 9.17) is 0 Å². The molecule has 2 aromatic carbocycles. The Balaban J connectivity index is 1.70. The third-order valence-electron chi connectivity index (χ3n) is 4.69. The minimum atomic E-state index is -0.541. The van der Waals surface area contributed by atoms with Crippen LogP contribution in [0.3, 0.4) is 0 Å². The minimum Gasteiger partial charge on any atom is -0.311 e. The van der Waals surface area contributed by atoms with Crippen LogP contribution in [0.4, 0.5) is 15.8 Å². The van der Waals surface area contributed by atoms with E-state index >= 15 is 0 Å². The van der Waals surface area contributed by atoms with Crippen LogP contribution in [-0.4, -0.2) is 32.1 Å². The lowest BCUT2D eigenvalue weighted by Crippen LogP contribution is -2.36. The molecule has 4 rings (SSSR count). The maximum Gasteiger partial charge on any atom is 0.284 e. The Bertz CT molecular complexity index is 1120. The number of carbonyl (C=O) groups is 1. The molecule has 2 heterocycles. The van der Waals surface area contributed by atoms with Crippen molar-refractivity contribution in [3.05, 3.63) is 69.8 Å². The van der Waals surface area contributed by atoms with Gasteiger partial charge in [0.1, 0.15) is 12.1 Å². The predicted octanol–water partition coefficient (Wildman–Crippen LogP) is 3.61. The van der Waals surface area contributed by atoms with Crippen LogP contribution in [0.25, 0.3) is 0 Å². The molecule has 0 aliphatic carbocycles. The number of rotatable bonds is 4. The second kappa shape index (κ2) is 7.63. The summed E-state index contributed by atoms with van der Waals surface area (Å²) in [6.07, 6.45) is 2.88. The molecule has 0 radical (unpaired) electrons. The fourth-order valence-electron chi connectivity index (χ4n) is 3.31. The van der Waals surface area contributed by atoms with E-state index in [2.05, 4.69) is 10.2 Å². The number of carbonyl (C=O) groups excluding carboxylic acids is 1. The molecule has 3 aromatic rings. The highest BCUT2D eigenvalue weighted by Gasteiger charge is 2.28. The Morgan fingerprint density at radius 3 is 2.86 bits per heavy atom. The van der Waals surface area contributed by atoms with Crippen molar-refractivity contribution in [2.75, 3.05) is 11.4 Å². The molecule has 1 aliphatic rings. The van der Waals surface area contributed by atoms with Crippen LogP contribution >= 0.6 is 11.8 Å². The van der Waals surface area contributed by atoms with Crippen LogP contribution in [0.15, 0.2) is 52.8 Å². The molecule has 8 nitrogen and oxygen atoms in total. The van der Waals surface area contributed by atoms with Gasteiger partial charge in [-0.3, -0.25) is 14.9 Å². The van der Waals surface area contributed by atoms with Crippen molar-refractivity contribution in [3.63, 3.8) is 0 Å². The first-order valence-electron chi connectivity index (χ1n) is 8.85. The normalized spacial score (nSPS) is 13.2. The molecule has 0 N–H and O–H groups in total. The third-order valence-corrected chi connectivity index (χ3v) is 5.80. The monoisotopic (exact) mass is 413 g/mol. The Hall–Kier alpha value is -3.27. The molecule has 0 unspecified atom stereocenters. The number of hydrogen-bond donors (Lipinski definition) is 0. The standard InChI is InChI=1S/C19H16FN5O3S/c1-23-11-21-22-19(23)29-16-8-7-13(10-15(16)25(27)28)18(26)24-9-3-5-12-4-2-6-14(20)17(12)24/h2,4,6-8,10-11H,3,5,9H2,1H3.